The molecule has 0 radical (unpaired) electrons. The van der Waals surface area contributed by atoms with Crippen LogP contribution in [0.3, 0.4) is 0 Å². The van der Waals surface area contributed by atoms with Gasteiger partial charge >= 0.3 is 6.18 Å². The Hall–Kier alpha value is -1.75. The number of ether oxygens (including phenoxy) is 1. The molecule has 20 heavy (non-hydrogen) atoms. The number of rotatable bonds is 3. The van der Waals surface area contributed by atoms with Gasteiger partial charge in [0.25, 0.3) is 0 Å². The average molecular weight is 302 g/mol. The minimum atomic E-state index is -4.49. The fraction of sp³-hybridized carbons (Fsp3) is 0.214. The summed E-state index contributed by atoms with van der Waals surface area (Å²) in [7, 11) is 0. The summed E-state index contributed by atoms with van der Waals surface area (Å²) in [6.45, 7) is 2.00. The van der Waals surface area contributed by atoms with E-state index in [0.717, 1.165) is 24.1 Å². The lowest BCUT2D eigenvalue weighted by atomic mass is 10.2. The van der Waals surface area contributed by atoms with Gasteiger partial charge < -0.3 is 4.74 Å². The fourth-order valence-electron chi connectivity index (χ4n) is 1.60. The van der Waals surface area contributed by atoms with E-state index < -0.39 is 11.7 Å². The van der Waals surface area contributed by atoms with Crippen molar-refractivity contribution in [2.75, 3.05) is 0 Å². The topological polar surface area (TPSA) is 22.1 Å². The maximum absolute atomic E-state index is 12.6. The molecular weight excluding hydrogens is 291 g/mol. The second-order valence-electron chi connectivity index (χ2n) is 4.11. The van der Waals surface area contributed by atoms with Gasteiger partial charge in [0, 0.05) is 6.07 Å². The van der Waals surface area contributed by atoms with Gasteiger partial charge in [0.05, 0.1) is 5.56 Å². The molecule has 106 valence electrons. The number of benzene rings is 1. The molecule has 0 amide bonds. The highest BCUT2D eigenvalue weighted by Gasteiger charge is 2.31. The van der Waals surface area contributed by atoms with Gasteiger partial charge in [0.2, 0.25) is 5.88 Å². The van der Waals surface area contributed by atoms with Crippen molar-refractivity contribution >= 4 is 11.6 Å². The molecule has 2 rings (SSSR count). The van der Waals surface area contributed by atoms with Gasteiger partial charge in [-0.1, -0.05) is 30.7 Å². The van der Waals surface area contributed by atoms with Gasteiger partial charge in [0.1, 0.15) is 10.9 Å². The zero-order valence-corrected chi connectivity index (χ0v) is 11.3. The molecule has 0 unspecified atom stereocenters. The summed E-state index contributed by atoms with van der Waals surface area (Å²) in [4.78, 5) is 3.73. The molecular formula is C14H11ClF3NO. The summed E-state index contributed by atoms with van der Waals surface area (Å²) in [6.07, 6.45) is -3.62. The Morgan fingerprint density at radius 2 is 1.80 bits per heavy atom. The molecule has 0 aliphatic rings. The van der Waals surface area contributed by atoms with Gasteiger partial charge in [-0.25, -0.2) is 4.98 Å². The van der Waals surface area contributed by atoms with Gasteiger partial charge in [-0.3, -0.25) is 0 Å². The highest BCUT2D eigenvalue weighted by molar-refractivity contribution is 6.29. The third-order valence-corrected chi connectivity index (χ3v) is 2.85. The largest absolute Gasteiger partial charge is 0.439 e. The third-order valence-electron chi connectivity index (χ3n) is 2.65. The van der Waals surface area contributed by atoms with E-state index in [1.807, 2.05) is 19.1 Å². The van der Waals surface area contributed by atoms with E-state index in [4.69, 9.17) is 16.3 Å². The molecule has 2 aromatic rings. The maximum Gasteiger partial charge on any atom is 0.416 e. The molecule has 0 N–H and O–H groups in total. The smallest absolute Gasteiger partial charge is 0.416 e. The van der Waals surface area contributed by atoms with Crippen LogP contribution in [-0.2, 0) is 12.6 Å². The van der Waals surface area contributed by atoms with E-state index in [0.29, 0.717) is 5.75 Å². The number of alkyl halides is 3. The minimum Gasteiger partial charge on any atom is -0.439 e. The van der Waals surface area contributed by atoms with E-state index in [9.17, 15) is 13.2 Å². The predicted molar refractivity (Wildman–Crippen MR) is 70.1 cm³/mol. The zero-order valence-electron chi connectivity index (χ0n) is 10.5. The second-order valence-corrected chi connectivity index (χ2v) is 4.50. The van der Waals surface area contributed by atoms with Crippen LogP contribution in [0.15, 0.2) is 36.4 Å². The maximum atomic E-state index is 12.6. The van der Waals surface area contributed by atoms with Crippen LogP contribution < -0.4 is 4.74 Å². The quantitative estimate of drug-likeness (QED) is 0.735. The number of hydrogen-bond acceptors (Lipinski definition) is 2. The van der Waals surface area contributed by atoms with Crippen LogP contribution in [0.25, 0.3) is 0 Å². The number of pyridine rings is 1. The van der Waals surface area contributed by atoms with Crippen molar-refractivity contribution in [3.05, 3.63) is 52.7 Å². The highest BCUT2D eigenvalue weighted by Crippen LogP contribution is 2.33. The molecule has 0 saturated heterocycles. The molecule has 0 atom stereocenters. The molecule has 0 bridgehead atoms. The predicted octanol–water partition coefficient (Wildman–Crippen LogP) is 5.11. The standard InChI is InChI=1S/C14H11ClF3NO/c1-2-9-3-5-11(6-4-9)20-13-8-10(14(16,17)18)7-12(15)19-13/h3-8H,2H2,1H3. The van der Waals surface area contributed by atoms with Crippen LogP contribution >= 0.6 is 11.6 Å². The molecule has 0 spiro atoms. The highest BCUT2D eigenvalue weighted by atomic mass is 35.5. The Labute approximate surface area is 119 Å². The van der Waals surface area contributed by atoms with Crippen molar-refractivity contribution in [3.8, 4) is 11.6 Å². The van der Waals surface area contributed by atoms with Crippen LogP contribution in [0.1, 0.15) is 18.1 Å². The van der Waals surface area contributed by atoms with Crippen molar-refractivity contribution in [3.63, 3.8) is 0 Å². The normalized spacial score (nSPS) is 11.4. The average Bonchev–Trinajstić information content (AvgIpc) is 2.38. The number of aryl methyl sites for hydroxylation is 1. The fourth-order valence-corrected chi connectivity index (χ4v) is 1.80. The summed E-state index contributed by atoms with van der Waals surface area (Å²) in [6, 6.07) is 8.60. The Kier molecular flexibility index (Phi) is 4.18. The van der Waals surface area contributed by atoms with Crippen LogP contribution in [0.2, 0.25) is 5.15 Å². The first kappa shape index (κ1) is 14.7. The molecule has 0 aliphatic carbocycles. The molecule has 2 nitrogen and oxygen atoms in total. The minimum absolute atomic E-state index is 0.186. The first-order valence-electron chi connectivity index (χ1n) is 5.90. The summed E-state index contributed by atoms with van der Waals surface area (Å²) < 4.78 is 43.2. The monoisotopic (exact) mass is 301 g/mol. The molecule has 0 saturated carbocycles. The van der Waals surface area contributed by atoms with Crippen LogP contribution in [0.4, 0.5) is 13.2 Å². The molecule has 1 aromatic carbocycles. The lowest BCUT2D eigenvalue weighted by Gasteiger charge is -2.10. The van der Waals surface area contributed by atoms with Crippen molar-refractivity contribution in [1.82, 2.24) is 4.98 Å². The van der Waals surface area contributed by atoms with Gasteiger partial charge in [-0.15, -0.1) is 0 Å². The summed E-state index contributed by atoms with van der Waals surface area (Å²) in [5.74, 6) is 0.221. The molecule has 1 heterocycles. The SMILES string of the molecule is CCc1ccc(Oc2cc(C(F)(F)F)cc(Cl)n2)cc1. The van der Waals surface area contributed by atoms with Gasteiger partial charge in [0.15, 0.2) is 0 Å². The lowest BCUT2D eigenvalue weighted by molar-refractivity contribution is -0.137. The van der Waals surface area contributed by atoms with Crippen molar-refractivity contribution < 1.29 is 17.9 Å². The van der Waals surface area contributed by atoms with Crippen LogP contribution in [-0.4, -0.2) is 4.98 Å². The van der Waals surface area contributed by atoms with Crippen LogP contribution in [0.5, 0.6) is 11.6 Å². The molecule has 1 aromatic heterocycles. The zero-order chi connectivity index (χ0) is 14.8. The lowest BCUT2D eigenvalue weighted by Crippen LogP contribution is -2.05. The Morgan fingerprint density at radius 3 is 2.35 bits per heavy atom. The number of aromatic nitrogens is 1. The summed E-state index contributed by atoms with van der Waals surface area (Å²) >= 11 is 5.58. The Bertz CT molecular complexity index is 596. The van der Waals surface area contributed by atoms with E-state index in [1.54, 1.807) is 12.1 Å². The van der Waals surface area contributed by atoms with Gasteiger partial charge in [-0.2, -0.15) is 13.2 Å². The molecule has 0 aliphatic heterocycles. The van der Waals surface area contributed by atoms with E-state index in [1.165, 1.54) is 0 Å². The first-order valence-corrected chi connectivity index (χ1v) is 6.28. The second kappa shape index (κ2) is 5.71. The summed E-state index contributed by atoms with van der Waals surface area (Å²) in [5, 5.41) is -0.264. The van der Waals surface area contributed by atoms with E-state index >= 15 is 0 Å². The van der Waals surface area contributed by atoms with E-state index in [-0.39, 0.29) is 11.0 Å². The Morgan fingerprint density at radius 1 is 1.15 bits per heavy atom. The van der Waals surface area contributed by atoms with Gasteiger partial charge in [-0.05, 0) is 30.2 Å². The first-order chi connectivity index (χ1) is 9.38. The number of halogens is 4. The molecule has 6 heteroatoms. The number of nitrogens with zero attached hydrogens (tertiary/aromatic N) is 1. The van der Waals surface area contributed by atoms with E-state index in [2.05, 4.69) is 4.98 Å². The summed E-state index contributed by atoms with van der Waals surface area (Å²) in [5.41, 5.74) is 0.213. The van der Waals surface area contributed by atoms with Crippen LogP contribution in [0, 0.1) is 0 Å². The Balaban J connectivity index is 2.26. The van der Waals surface area contributed by atoms with Crippen molar-refractivity contribution in [2.45, 2.75) is 19.5 Å². The molecule has 0 fully saturated rings. The number of hydrogen-bond donors (Lipinski definition) is 0. The van der Waals surface area contributed by atoms with Crippen molar-refractivity contribution in [1.29, 1.82) is 0 Å². The third kappa shape index (κ3) is 3.63. The van der Waals surface area contributed by atoms with Crippen molar-refractivity contribution in [2.24, 2.45) is 0 Å².